The van der Waals surface area contributed by atoms with Gasteiger partial charge in [0.25, 0.3) is 0 Å². The van der Waals surface area contributed by atoms with Gasteiger partial charge in [0, 0.05) is 53.0 Å². The largest absolute Gasteiger partial charge is 0.248 e. The molecule has 0 aliphatic rings. The quantitative estimate of drug-likeness (QED) is 0.159. The Morgan fingerprint density at radius 1 is 0.281 bits per heavy atom. The van der Waals surface area contributed by atoms with Gasteiger partial charge in [-0.2, -0.15) is 0 Å². The second-order valence-electron chi connectivity index (χ2n) is 14.5. The summed E-state index contributed by atoms with van der Waals surface area (Å²) in [5.41, 5.74) is 14.3. The van der Waals surface area contributed by atoms with Crippen LogP contribution in [0, 0.1) is 0 Å². The van der Waals surface area contributed by atoms with Gasteiger partial charge in [-0.25, -0.2) is 9.97 Å². The zero-order chi connectivity index (χ0) is 37.7. The lowest BCUT2D eigenvalue weighted by molar-refractivity contribution is 1.32. The van der Waals surface area contributed by atoms with Crippen LogP contribution in [-0.2, 0) is 0 Å². The predicted octanol–water partition coefficient (Wildman–Crippen LogP) is 15.2. The predicted molar refractivity (Wildman–Crippen MR) is 243 cm³/mol. The molecule has 0 saturated carbocycles. The van der Waals surface area contributed by atoms with E-state index in [2.05, 4.69) is 194 Å². The topological polar surface area (TPSA) is 25.8 Å². The van der Waals surface area contributed by atoms with E-state index < -0.39 is 0 Å². The number of nitrogens with zero attached hydrogens (tertiary/aromatic N) is 2. The molecule has 0 amide bonds. The van der Waals surface area contributed by atoms with Gasteiger partial charge in [-0.05, 0) is 63.7 Å². The van der Waals surface area contributed by atoms with Gasteiger partial charge in [0.1, 0.15) is 0 Å². The number of hydrogen-bond donors (Lipinski definition) is 0. The van der Waals surface area contributed by atoms with E-state index in [0.29, 0.717) is 0 Å². The van der Waals surface area contributed by atoms with Crippen molar-refractivity contribution in [2.75, 3.05) is 0 Å². The maximum atomic E-state index is 5.37. The average molecular weight is 743 g/mol. The minimum absolute atomic E-state index is 0.966. The summed E-state index contributed by atoms with van der Waals surface area (Å²) < 4.78 is 2.61. The average Bonchev–Trinajstić information content (AvgIpc) is 3.68. The van der Waals surface area contributed by atoms with Crippen LogP contribution in [0.4, 0.5) is 0 Å². The number of hydrogen-bond acceptors (Lipinski definition) is 3. The van der Waals surface area contributed by atoms with Crippen LogP contribution in [0.5, 0.6) is 0 Å². The molecule has 8 aromatic carbocycles. The molecular weight excluding hydrogens is 709 g/mol. The van der Waals surface area contributed by atoms with Crippen molar-refractivity contribution in [2.45, 2.75) is 0 Å². The first kappa shape index (κ1) is 33.2. The summed E-state index contributed by atoms with van der Waals surface area (Å²) in [5, 5.41) is 6.26. The highest BCUT2D eigenvalue weighted by Crippen LogP contribution is 2.44. The lowest BCUT2D eigenvalue weighted by atomic mass is 9.94. The normalized spacial score (nSPS) is 11.5. The first-order chi connectivity index (χ1) is 28.2. The molecule has 0 N–H and O–H groups in total. The Labute approximate surface area is 335 Å². The summed E-state index contributed by atoms with van der Waals surface area (Å²) in [7, 11) is 0. The SMILES string of the molecule is c1ccc(-c2cc(-c3ccc(-c4ccc(-c5ccc6c(c5)nc(-c5ccccc5)c5ccc7sc8ccccc8c7c56)cc4)cc3)cc(-c3ccccc3)n2)cc1. The molecule has 3 heteroatoms. The Morgan fingerprint density at radius 3 is 1.39 bits per heavy atom. The highest BCUT2D eigenvalue weighted by Gasteiger charge is 2.17. The monoisotopic (exact) mass is 742 g/mol. The third-order valence-corrected chi connectivity index (χ3v) is 12.2. The number of fused-ring (bicyclic) bond motifs is 7. The molecule has 0 bridgehead atoms. The van der Waals surface area contributed by atoms with E-state index in [9.17, 15) is 0 Å². The molecule has 266 valence electrons. The van der Waals surface area contributed by atoms with Crippen LogP contribution in [-0.4, -0.2) is 9.97 Å². The van der Waals surface area contributed by atoms with Crippen molar-refractivity contribution in [1.82, 2.24) is 9.97 Å². The summed E-state index contributed by atoms with van der Waals surface area (Å²) in [6.45, 7) is 0. The summed E-state index contributed by atoms with van der Waals surface area (Å²) in [5.74, 6) is 0. The smallest absolute Gasteiger partial charge is 0.0788 e. The fourth-order valence-electron chi connectivity index (χ4n) is 8.23. The standard InChI is InChI=1S/C54H34N2S/c1-4-12-39(13-5-1)47-33-43(34-48(55-47)40-14-6-2-7-15-40)38-26-22-36(23-27-38)35-20-24-37(25-21-35)42-28-29-44-49(32-42)56-54(41-16-8-3-9-17-41)46-30-31-51-53(52(44)46)45-18-10-11-19-50(45)57-51/h1-34H. The highest BCUT2D eigenvalue weighted by molar-refractivity contribution is 7.26. The van der Waals surface area contributed by atoms with Crippen LogP contribution in [0.15, 0.2) is 206 Å². The summed E-state index contributed by atoms with van der Waals surface area (Å²) >= 11 is 1.86. The molecule has 0 saturated heterocycles. The van der Waals surface area contributed by atoms with E-state index in [1.54, 1.807) is 0 Å². The number of pyridine rings is 2. The number of thiophene rings is 1. The number of benzene rings is 8. The maximum absolute atomic E-state index is 5.37. The van der Waals surface area contributed by atoms with Crippen LogP contribution >= 0.6 is 11.3 Å². The Balaban J connectivity index is 0.957. The minimum atomic E-state index is 0.966. The van der Waals surface area contributed by atoms with Gasteiger partial charge < -0.3 is 0 Å². The molecular formula is C54H34N2S. The first-order valence-electron chi connectivity index (χ1n) is 19.3. The van der Waals surface area contributed by atoms with E-state index in [1.807, 2.05) is 23.5 Å². The molecule has 11 aromatic rings. The van der Waals surface area contributed by atoms with Crippen molar-refractivity contribution >= 4 is 53.2 Å². The van der Waals surface area contributed by atoms with Crippen LogP contribution in [0.1, 0.15) is 0 Å². The van der Waals surface area contributed by atoms with Crippen molar-refractivity contribution in [1.29, 1.82) is 0 Å². The molecule has 0 fully saturated rings. The number of aromatic nitrogens is 2. The third kappa shape index (κ3) is 5.97. The molecule has 0 aliphatic carbocycles. The second kappa shape index (κ2) is 13.8. The minimum Gasteiger partial charge on any atom is -0.248 e. The van der Waals surface area contributed by atoms with Crippen LogP contribution in [0.25, 0.3) is 109 Å². The maximum Gasteiger partial charge on any atom is 0.0788 e. The fraction of sp³-hybridized carbons (Fsp3) is 0. The van der Waals surface area contributed by atoms with Gasteiger partial charge in [-0.3, -0.25) is 0 Å². The molecule has 57 heavy (non-hydrogen) atoms. The van der Waals surface area contributed by atoms with E-state index in [1.165, 1.54) is 53.0 Å². The molecule has 0 aliphatic heterocycles. The van der Waals surface area contributed by atoms with Gasteiger partial charge in [-0.15, -0.1) is 11.3 Å². The molecule has 2 nitrogen and oxygen atoms in total. The van der Waals surface area contributed by atoms with Crippen molar-refractivity contribution in [3.8, 4) is 67.2 Å². The van der Waals surface area contributed by atoms with Crippen LogP contribution < -0.4 is 0 Å². The van der Waals surface area contributed by atoms with Crippen molar-refractivity contribution in [3.63, 3.8) is 0 Å². The molecule has 3 heterocycles. The molecule has 0 spiro atoms. The Bertz CT molecular complexity index is 3190. The van der Waals surface area contributed by atoms with Crippen molar-refractivity contribution in [3.05, 3.63) is 206 Å². The van der Waals surface area contributed by atoms with E-state index in [4.69, 9.17) is 9.97 Å². The molecule has 0 radical (unpaired) electrons. The first-order valence-corrected chi connectivity index (χ1v) is 20.1. The lowest BCUT2D eigenvalue weighted by Gasteiger charge is -2.13. The Hall–Kier alpha value is -7.20. The summed E-state index contributed by atoms with van der Waals surface area (Å²) in [6, 6.07) is 73.7. The van der Waals surface area contributed by atoms with Crippen molar-refractivity contribution in [2.24, 2.45) is 0 Å². The second-order valence-corrected chi connectivity index (χ2v) is 15.6. The molecule has 0 unspecified atom stereocenters. The zero-order valence-corrected chi connectivity index (χ0v) is 31.7. The van der Waals surface area contributed by atoms with Gasteiger partial charge in [0.05, 0.1) is 22.6 Å². The summed E-state index contributed by atoms with van der Waals surface area (Å²) in [4.78, 5) is 10.4. The van der Waals surface area contributed by atoms with Crippen LogP contribution in [0.3, 0.4) is 0 Å². The Morgan fingerprint density at radius 2 is 0.772 bits per heavy atom. The molecule has 3 aromatic heterocycles. The fourth-order valence-corrected chi connectivity index (χ4v) is 9.34. The van der Waals surface area contributed by atoms with E-state index >= 15 is 0 Å². The van der Waals surface area contributed by atoms with Gasteiger partial charge in [0.2, 0.25) is 0 Å². The van der Waals surface area contributed by atoms with Gasteiger partial charge >= 0.3 is 0 Å². The van der Waals surface area contributed by atoms with E-state index in [-0.39, 0.29) is 0 Å². The summed E-state index contributed by atoms with van der Waals surface area (Å²) in [6.07, 6.45) is 0. The third-order valence-electron chi connectivity index (χ3n) is 11.1. The van der Waals surface area contributed by atoms with Crippen LogP contribution in [0.2, 0.25) is 0 Å². The molecule has 0 atom stereocenters. The van der Waals surface area contributed by atoms with E-state index in [0.717, 1.165) is 56.0 Å². The Kier molecular flexibility index (Phi) is 8.04. The molecule has 11 rings (SSSR count). The van der Waals surface area contributed by atoms with Gasteiger partial charge in [-0.1, -0.05) is 176 Å². The highest BCUT2D eigenvalue weighted by atomic mass is 32.1. The zero-order valence-electron chi connectivity index (χ0n) is 30.9. The number of rotatable bonds is 6. The van der Waals surface area contributed by atoms with Crippen molar-refractivity contribution < 1.29 is 0 Å². The lowest BCUT2D eigenvalue weighted by Crippen LogP contribution is -1.91. The van der Waals surface area contributed by atoms with Gasteiger partial charge in [0.15, 0.2) is 0 Å².